The van der Waals surface area contributed by atoms with Gasteiger partial charge in [0.05, 0.1) is 37.6 Å². The predicted octanol–water partition coefficient (Wildman–Crippen LogP) is 3.88. The van der Waals surface area contributed by atoms with Gasteiger partial charge in [-0.1, -0.05) is 23.7 Å². The molecule has 0 fully saturated rings. The van der Waals surface area contributed by atoms with Gasteiger partial charge in [0.25, 0.3) is 5.91 Å². The molecule has 0 spiro atoms. The second kappa shape index (κ2) is 8.80. The molecule has 0 aliphatic carbocycles. The SMILES string of the molecule is COc1cccc([C@H]2C(C(=O)Nc3cc(OC)c(Cl)cc3OC)=C(C)Nc3ncnn32)c1. The van der Waals surface area contributed by atoms with Crippen molar-refractivity contribution in [2.75, 3.05) is 32.0 Å². The number of hydrogen-bond acceptors (Lipinski definition) is 7. The summed E-state index contributed by atoms with van der Waals surface area (Å²) in [6.45, 7) is 1.82. The Morgan fingerprint density at radius 2 is 1.91 bits per heavy atom. The van der Waals surface area contributed by atoms with Crippen LogP contribution in [0.1, 0.15) is 18.5 Å². The molecule has 4 rings (SSSR count). The summed E-state index contributed by atoms with van der Waals surface area (Å²) in [5.41, 5.74) is 2.36. The van der Waals surface area contributed by atoms with Crippen LogP contribution in [-0.4, -0.2) is 42.0 Å². The van der Waals surface area contributed by atoms with Crippen molar-refractivity contribution in [1.29, 1.82) is 0 Å². The molecule has 1 atom stereocenters. The zero-order valence-electron chi connectivity index (χ0n) is 18.0. The van der Waals surface area contributed by atoms with Gasteiger partial charge in [0.2, 0.25) is 5.95 Å². The van der Waals surface area contributed by atoms with Gasteiger partial charge in [0.1, 0.15) is 29.6 Å². The van der Waals surface area contributed by atoms with Crippen LogP contribution in [0.5, 0.6) is 17.2 Å². The first-order chi connectivity index (χ1) is 15.5. The molecule has 32 heavy (non-hydrogen) atoms. The highest BCUT2D eigenvalue weighted by molar-refractivity contribution is 6.32. The highest BCUT2D eigenvalue weighted by Gasteiger charge is 2.34. The molecular weight excluding hydrogens is 434 g/mol. The van der Waals surface area contributed by atoms with Crippen molar-refractivity contribution in [3.05, 3.63) is 64.6 Å². The zero-order valence-corrected chi connectivity index (χ0v) is 18.7. The van der Waals surface area contributed by atoms with Gasteiger partial charge in [0, 0.05) is 17.8 Å². The summed E-state index contributed by atoms with van der Waals surface area (Å²) in [4.78, 5) is 17.8. The molecule has 1 aliphatic rings. The van der Waals surface area contributed by atoms with E-state index in [0.717, 1.165) is 5.56 Å². The van der Waals surface area contributed by atoms with E-state index in [9.17, 15) is 4.79 Å². The van der Waals surface area contributed by atoms with Crippen LogP contribution in [0, 0.1) is 0 Å². The van der Waals surface area contributed by atoms with E-state index in [4.69, 9.17) is 25.8 Å². The summed E-state index contributed by atoms with van der Waals surface area (Å²) in [5.74, 6) is 1.69. The number of anilines is 2. The molecule has 2 heterocycles. The van der Waals surface area contributed by atoms with Crippen molar-refractivity contribution in [3.8, 4) is 17.2 Å². The summed E-state index contributed by atoms with van der Waals surface area (Å²) < 4.78 is 17.7. The number of rotatable bonds is 6. The number of halogens is 1. The quantitative estimate of drug-likeness (QED) is 0.581. The Balaban J connectivity index is 1.77. The number of hydrogen-bond donors (Lipinski definition) is 2. The number of ether oxygens (including phenoxy) is 3. The van der Waals surface area contributed by atoms with Crippen molar-refractivity contribution in [2.45, 2.75) is 13.0 Å². The van der Waals surface area contributed by atoms with Crippen LogP contribution in [0.25, 0.3) is 0 Å². The number of carbonyl (C=O) groups excluding carboxylic acids is 1. The number of amides is 1. The van der Waals surface area contributed by atoms with Crippen molar-refractivity contribution >= 4 is 29.1 Å². The molecule has 2 aromatic carbocycles. The summed E-state index contributed by atoms with van der Waals surface area (Å²) >= 11 is 6.20. The second-order valence-corrected chi connectivity index (χ2v) is 7.42. The zero-order chi connectivity index (χ0) is 22.8. The van der Waals surface area contributed by atoms with Crippen LogP contribution in [-0.2, 0) is 4.79 Å². The van der Waals surface area contributed by atoms with Crippen LogP contribution in [0.15, 0.2) is 54.0 Å². The van der Waals surface area contributed by atoms with E-state index in [-0.39, 0.29) is 5.91 Å². The first-order valence-corrected chi connectivity index (χ1v) is 10.1. The Labute approximate surface area is 190 Å². The first-order valence-electron chi connectivity index (χ1n) is 9.71. The topological polar surface area (TPSA) is 99.5 Å². The lowest BCUT2D eigenvalue weighted by molar-refractivity contribution is -0.113. The molecule has 1 amide bonds. The van der Waals surface area contributed by atoms with E-state index in [1.165, 1.54) is 20.5 Å². The fraction of sp³-hybridized carbons (Fsp3) is 0.227. The first kappa shape index (κ1) is 21.5. The third-order valence-corrected chi connectivity index (χ3v) is 5.47. The van der Waals surface area contributed by atoms with E-state index >= 15 is 0 Å². The number of allylic oxidation sites excluding steroid dienone is 1. The van der Waals surface area contributed by atoms with Crippen molar-refractivity contribution in [3.63, 3.8) is 0 Å². The van der Waals surface area contributed by atoms with Crippen molar-refractivity contribution in [1.82, 2.24) is 14.8 Å². The lowest BCUT2D eigenvalue weighted by Gasteiger charge is -2.29. The molecule has 0 saturated heterocycles. The van der Waals surface area contributed by atoms with Crippen LogP contribution >= 0.6 is 11.6 Å². The maximum Gasteiger partial charge on any atom is 0.255 e. The monoisotopic (exact) mass is 455 g/mol. The molecule has 1 aliphatic heterocycles. The number of aromatic nitrogens is 3. The van der Waals surface area contributed by atoms with Gasteiger partial charge in [0.15, 0.2) is 0 Å². The van der Waals surface area contributed by atoms with Gasteiger partial charge in [-0.25, -0.2) is 4.68 Å². The molecule has 0 unspecified atom stereocenters. The second-order valence-electron chi connectivity index (χ2n) is 7.01. The predicted molar refractivity (Wildman–Crippen MR) is 121 cm³/mol. The van der Waals surface area contributed by atoms with Gasteiger partial charge in [-0.3, -0.25) is 4.79 Å². The number of fused-ring (bicyclic) bond motifs is 1. The molecular formula is C22H22ClN5O4. The maximum atomic E-state index is 13.6. The van der Waals surface area contributed by atoms with Gasteiger partial charge in [-0.2, -0.15) is 10.1 Å². The molecule has 0 radical (unpaired) electrons. The lowest BCUT2D eigenvalue weighted by atomic mass is 9.94. The van der Waals surface area contributed by atoms with Gasteiger partial charge >= 0.3 is 0 Å². The van der Waals surface area contributed by atoms with Crippen LogP contribution in [0.2, 0.25) is 5.02 Å². The number of carbonyl (C=O) groups is 1. The summed E-state index contributed by atoms with van der Waals surface area (Å²) in [6.07, 6.45) is 1.44. The summed E-state index contributed by atoms with van der Waals surface area (Å²) in [7, 11) is 4.60. The number of methoxy groups -OCH3 is 3. The third kappa shape index (κ3) is 3.82. The average Bonchev–Trinajstić information content (AvgIpc) is 3.26. The van der Waals surface area contributed by atoms with Crippen LogP contribution in [0.4, 0.5) is 11.6 Å². The summed E-state index contributed by atoms with van der Waals surface area (Å²) in [5, 5.41) is 10.8. The number of nitrogens with one attached hydrogen (secondary N) is 2. The average molecular weight is 456 g/mol. The van der Waals surface area contributed by atoms with Gasteiger partial charge in [-0.05, 0) is 24.6 Å². The minimum Gasteiger partial charge on any atom is -0.497 e. The molecule has 1 aromatic heterocycles. The third-order valence-electron chi connectivity index (χ3n) is 5.17. The van der Waals surface area contributed by atoms with Crippen molar-refractivity contribution in [2.24, 2.45) is 0 Å². The number of benzene rings is 2. The highest BCUT2D eigenvalue weighted by Crippen LogP contribution is 2.39. The maximum absolute atomic E-state index is 13.6. The molecule has 166 valence electrons. The van der Waals surface area contributed by atoms with Crippen molar-refractivity contribution < 1.29 is 19.0 Å². The van der Waals surface area contributed by atoms with Crippen LogP contribution in [0.3, 0.4) is 0 Å². The Bertz CT molecular complexity index is 1210. The Morgan fingerprint density at radius 1 is 1.12 bits per heavy atom. The molecule has 3 aromatic rings. The van der Waals surface area contributed by atoms with Gasteiger partial charge < -0.3 is 24.8 Å². The smallest absolute Gasteiger partial charge is 0.255 e. The fourth-order valence-electron chi connectivity index (χ4n) is 3.65. The normalized spacial score (nSPS) is 15.0. The minimum atomic E-state index is -0.524. The van der Waals surface area contributed by atoms with Gasteiger partial charge in [-0.15, -0.1) is 0 Å². The Morgan fingerprint density at radius 3 is 2.62 bits per heavy atom. The van der Waals surface area contributed by atoms with E-state index in [2.05, 4.69) is 20.7 Å². The van der Waals surface area contributed by atoms with E-state index < -0.39 is 6.04 Å². The lowest BCUT2D eigenvalue weighted by Crippen LogP contribution is -2.31. The van der Waals surface area contributed by atoms with E-state index in [1.807, 2.05) is 31.2 Å². The Kier molecular flexibility index (Phi) is 5.91. The van der Waals surface area contributed by atoms with E-state index in [0.29, 0.717) is 45.2 Å². The fourth-order valence-corrected chi connectivity index (χ4v) is 3.88. The number of nitrogens with zero attached hydrogens (tertiary/aromatic N) is 3. The molecule has 2 N–H and O–H groups in total. The molecule has 9 nitrogen and oxygen atoms in total. The molecule has 10 heteroatoms. The minimum absolute atomic E-state index is 0.341. The standard InChI is InChI=1S/C22H22ClN5O4/c1-12-19(21(29)27-16-10-17(31-3)15(23)9-18(16)32-4)20(28-22(26-12)24-11-25-28)13-6-5-7-14(8-13)30-2/h5-11,20H,1-4H3,(H,27,29)(H,24,25,26)/t20-/m0/s1. The Hall–Kier alpha value is -3.72. The largest absolute Gasteiger partial charge is 0.497 e. The van der Waals surface area contributed by atoms with Crippen LogP contribution < -0.4 is 24.8 Å². The summed E-state index contributed by atoms with van der Waals surface area (Å²) in [6, 6.07) is 10.2. The molecule has 0 bridgehead atoms. The highest BCUT2D eigenvalue weighted by atomic mass is 35.5. The van der Waals surface area contributed by atoms with E-state index in [1.54, 1.807) is 23.9 Å². The molecule has 0 saturated carbocycles.